The van der Waals surface area contributed by atoms with Crippen LogP contribution in [0.3, 0.4) is 0 Å². The molecule has 0 radical (unpaired) electrons. The number of H-pyrrole nitrogens is 1. The van der Waals surface area contributed by atoms with Gasteiger partial charge in [0.15, 0.2) is 28.3 Å². The largest absolute Gasteiger partial charge is 0.493 e. The summed E-state index contributed by atoms with van der Waals surface area (Å²) in [6.07, 6.45) is 4.69. The molecule has 8 heteroatoms. The van der Waals surface area contributed by atoms with Gasteiger partial charge in [0.2, 0.25) is 0 Å². The molecule has 1 N–H and O–H groups in total. The minimum Gasteiger partial charge on any atom is -0.493 e. The van der Waals surface area contributed by atoms with Crippen molar-refractivity contribution in [2.75, 3.05) is 14.2 Å². The minimum atomic E-state index is -0.363. The summed E-state index contributed by atoms with van der Waals surface area (Å²) in [5, 5.41) is 0.212. The Morgan fingerprint density at radius 2 is 1.88 bits per heavy atom. The Hall–Kier alpha value is -3.97. The van der Waals surface area contributed by atoms with E-state index in [0.717, 1.165) is 5.56 Å². The van der Waals surface area contributed by atoms with Crippen LogP contribution in [0.25, 0.3) is 23.2 Å². The highest BCUT2D eigenvalue weighted by atomic mass is 35.5. The van der Waals surface area contributed by atoms with Gasteiger partial charge in [0.05, 0.1) is 19.9 Å². The van der Waals surface area contributed by atoms with Crippen LogP contribution >= 0.6 is 11.6 Å². The summed E-state index contributed by atoms with van der Waals surface area (Å²) in [5.41, 5.74) is 1.86. The number of ether oxygens (including phenoxy) is 2. The van der Waals surface area contributed by atoms with Crippen LogP contribution in [0.4, 0.5) is 0 Å². The van der Waals surface area contributed by atoms with Crippen LogP contribution in [0.5, 0.6) is 11.5 Å². The number of rotatable bonds is 7. The number of nitrogens with one attached hydrogen (secondary N) is 1. The molecule has 0 atom stereocenters. The van der Waals surface area contributed by atoms with Gasteiger partial charge in [-0.1, -0.05) is 24.3 Å². The predicted octanol–water partition coefficient (Wildman–Crippen LogP) is 4.99. The molecule has 0 bridgehead atoms. The summed E-state index contributed by atoms with van der Waals surface area (Å²) in [7, 11) is 3.11. The van der Waals surface area contributed by atoms with Gasteiger partial charge in [0, 0.05) is 11.8 Å². The fraction of sp³-hybridized carbons (Fsp3) is 0.0833. The van der Waals surface area contributed by atoms with Gasteiger partial charge in [0.1, 0.15) is 5.69 Å². The fourth-order valence-electron chi connectivity index (χ4n) is 3.28. The number of aromatic amines is 1. The van der Waals surface area contributed by atoms with Gasteiger partial charge >= 0.3 is 5.69 Å². The molecule has 0 fully saturated rings. The van der Waals surface area contributed by atoms with Crippen LogP contribution < -0.4 is 15.2 Å². The molecule has 32 heavy (non-hydrogen) atoms. The zero-order chi connectivity index (χ0) is 22.7. The fourth-order valence-corrected chi connectivity index (χ4v) is 3.43. The first kappa shape index (κ1) is 21.3. The lowest BCUT2D eigenvalue weighted by molar-refractivity contribution is 0.104. The SMILES string of the molecule is COc1ccc(C=CC(=O)c2cccc(-n3c(-c4ccc(Cl)o4)c[nH]c3=O)c2)cc1OC. The lowest BCUT2D eigenvalue weighted by atomic mass is 10.1. The van der Waals surface area contributed by atoms with E-state index in [1.165, 1.54) is 16.8 Å². The third kappa shape index (κ3) is 4.24. The molecule has 2 aromatic heterocycles. The van der Waals surface area contributed by atoms with Crippen LogP contribution in [0.1, 0.15) is 15.9 Å². The number of hydrogen-bond donors (Lipinski definition) is 1. The van der Waals surface area contributed by atoms with E-state index in [9.17, 15) is 9.59 Å². The molecule has 4 rings (SSSR count). The highest BCUT2D eigenvalue weighted by Crippen LogP contribution is 2.28. The molecule has 162 valence electrons. The number of ketones is 1. The van der Waals surface area contributed by atoms with Crippen molar-refractivity contribution < 1.29 is 18.7 Å². The number of nitrogens with zero attached hydrogens (tertiary/aromatic N) is 1. The second-order valence-electron chi connectivity index (χ2n) is 6.78. The molecule has 0 unspecified atom stereocenters. The molecule has 2 aromatic carbocycles. The lowest BCUT2D eigenvalue weighted by Gasteiger charge is -2.08. The van der Waals surface area contributed by atoms with Crippen molar-refractivity contribution in [3.8, 4) is 28.6 Å². The highest BCUT2D eigenvalue weighted by Gasteiger charge is 2.15. The standard InChI is InChI=1S/C24H19ClN2O5/c1-30-21-9-7-15(12-22(21)31-2)6-8-19(28)16-4-3-5-17(13-16)27-18(14-26-24(27)29)20-10-11-23(25)32-20/h3-14H,1-2H3,(H,26,29). The molecule has 0 saturated heterocycles. The van der Waals surface area contributed by atoms with Crippen LogP contribution in [0.2, 0.25) is 5.22 Å². The Bertz CT molecular complexity index is 1360. The predicted molar refractivity (Wildman–Crippen MR) is 122 cm³/mol. The van der Waals surface area contributed by atoms with Crippen molar-refractivity contribution in [1.29, 1.82) is 0 Å². The monoisotopic (exact) mass is 450 g/mol. The van der Waals surface area contributed by atoms with Crippen LogP contribution in [0.15, 0.2) is 76.1 Å². The van der Waals surface area contributed by atoms with Gasteiger partial charge in [0.25, 0.3) is 0 Å². The average Bonchev–Trinajstić information content (AvgIpc) is 3.42. The molecule has 0 amide bonds. The Morgan fingerprint density at radius 1 is 1.06 bits per heavy atom. The third-order valence-electron chi connectivity index (χ3n) is 4.83. The molecular weight excluding hydrogens is 432 g/mol. The van der Waals surface area contributed by atoms with Gasteiger partial charge in [-0.3, -0.25) is 9.36 Å². The van der Waals surface area contributed by atoms with Crippen molar-refractivity contribution in [2.45, 2.75) is 0 Å². The Labute approximate surface area is 188 Å². The van der Waals surface area contributed by atoms with Crippen LogP contribution in [-0.4, -0.2) is 29.6 Å². The molecule has 2 heterocycles. The summed E-state index contributed by atoms with van der Waals surface area (Å²) in [6, 6.07) is 15.4. The van der Waals surface area contributed by atoms with E-state index in [4.69, 9.17) is 25.5 Å². The summed E-state index contributed by atoms with van der Waals surface area (Å²) in [4.78, 5) is 27.9. The summed E-state index contributed by atoms with van der Waals surface area (Å²) >= 11 is 5.87. The highest BCUT2D eigenvalue weighted by molar-refractivity contribution is 6.29. The lowest BCUT2D eigenvalue weighted by Crippen LogP contribution is -2.16. The molecular formula is C24H19ClN2O5. The number of furan rings is 1. The number of halogens is 1. The Morgan fingerprint density at radius 3 is 2.59 bits per heavy atom. The molecule has 0 aliphatic heterocycles. The second kappa shape index (κ2) is 9.03. The number of benzene rings is 2. The molecule has 0 aliphatic rings. The third-order valence-corrected chi connectivity index (χ3v) is 5.03. The zero-order valence-corrected chi connectivity index (χ0v) is 18.1. The van der Waals surface area contributed by atoms with E-state index in [-0.39, 0.29) is 16.7 Å². The number of carbonyl (C=O) groups is 1. The molecule has 0 spiro atoms. The van der Waals surface area contributed by atoms with Gasteiger partial charge in [-0.25, -0.2) is 4.79 Å². The number of allylic oxidation sites excluding steroid dienone is 1. The molecule has 7 nitrogen and oxygen atoms in total. The Balaban J connectivity index is 1.63. The van der Waals surface area contributed by atoms with Gasteiger partial charge in [-0.15, -0.1) is 0 Å². The second-order valence-corrected chi connectivity index (χ2v) is 7.15. The quantitative estimate of drug-likeness (QED) is 0.316. The maximum absolute atomic E-state index is 12.8. The average molecular weight is 451 g/mol. The van der Waals surface area contributed by atoms with Crippen molar-refractivity contribution in [3.63, 3.8) is 0 Å². The Kier molecular flexibility index (Phi) is 6.00. The molecule has 4 aromatic rings. The summed E-state index contributed by atoms with van der Waals surface area (Å²) in [6.45, 7) is 0. The number of aromatic nitrogens is 2. The van der Waals surface area contributed by atoms with E-state index in [0.29, 0.717) is 34.2 Å². The zero-order valence-electron chi connectivity index (χ0n) is 17.3. The summed E-state index contributed by atoms with van der Waals surface area (Å²) < 4.78 is 17.4. The normalized spacial score (nSPS) is 11.1. The van der Waals surface area contributed by atoms with Crippen LogP contribution in [0, 0.1) is 0 Å². The van der Waals surface area contributed by atoms with Crippen molar-refractivity contribution in [2.24, 2.45) is 0 Å². The van der Waals surface area contributed by atoms with E-state index in [1.54, 1.807) is 68.8 Å². The maximum atomic E-state index is 12.8. The van der Waals surface area contributed by atoms with Crippen LogP contribution in [-0.2, 0) is 0 Å². The minimum absolute atomic E-state index is 0.212. The summed E-state index contributed by atoms with van der Waals surface area (Å²) in [5.74, 6) is 1.39. The smallest absolute Gasteiger partial charge is 0.330 e. The first-order chi connectivity index (χ1) is 15.5. The maximum Gasteiger partial charge on any atom is 0.330 e. The van der Waals surface area contributed by atoms with Crippen molar-refractivity contribution >= 4 is 23.5 Å². The van der Waals surface area contributed by atoms with Crippen molar-refractivity contribution in [3.05, 3.63) is 93.7 Å². The van der Waals surface area contributed by atoms with E-state index < -0.39 is 0 Å². The number of carbonyl (C=O) groups excluding carboxylic acids is 1. The van der Waals surface area contributed by atoms with Gasteiger partial charge < -0.3 is 18.9 Å². The molecule has 0 aliphatic carbocycles. The number of hydrogen-bond acceptors (Lipinski definition) is 5. The number of imidazole rings is 1. The van der Waals surface area contributed by atoms with E-state index in [2.05, 4.69) is 4.98 Å². The van der Waals surface area contributed by atoms with E-state index in [1.807, 2.05) is 6.07 Å². The van der Waals surface area contributed by atoms with E-state index >= 15 is 0 Å². The van der Waals surface area contributed by atoms with Gasteiger partial charge in [-0.2, -0.15) is 0 Å². The first-order valence-electron chi connectivity index (χ1n) is 9.61. The first-order valence-corrected chi connectivity index (χ1v) is 9.99. The van der Waals surface area contributed by atoms with Gasteiger partial charge in [-0.05, 0) is 59.6 Å². The molecule has 0 saturated carbocycles. The topological polar surface area (TPSA) is 86.5 Å². The van der Waals surface area contributed by atoms with Crippen molar-refractivity contribution in [1.82, 2.24) is 9.55 Å². The number of methoxy groups -OCH3 is 2.